The van der Waals surface area contributed by atoms with Crippen LogP contribution in [0.1, 0.15) is 44.9 Å². The maximum absolute atomic E-state index is 15.1. The van der Waals surface area contributed by atoms with Gasteiger partial charge in [-0.1, -0.05) is 96.6 Å². The molecule has 1 saturated carbocycles. The summed E-state index contributed by atoms with van der Waals surface area (Å²) in [5.74, 6) is -1.86. The van der Waals surface area contributed by atoms with Crippen LogP contribution in [0, 0.1) is 26.7 Å². The summed E-state index contributed by atoms with van der Waals surface area (Å²) in [6.45, 7) is 6.49. The Balaban J connectivity index is 1.72. The summed E-state index contributed by atoms with van der Waals surface area (Å²) in [6.07, 6.45) is 0. The molecule has 5 heteroatoms. The first-order valence-corrected chi connectivity index (χ1v) is 13.7. The summed E-state index contributed by atoms with van der Waals surface area (Å²) in [6, 6.07) is 32.0. The second-order valence-corrected chi connectivity index (χ2v) is 11.0. The molecule has 1 aliphatic heterocycles. The lowest BCUT2D eigenvalue weighted by Crippen LogP contribution is -2.59. The van der Waals surface area contributed by atoms with E-state index in [0.717, 1.165) is 38.9 Å². The second-order valence-electron chi connectivity index (χ2n) is 11.0. The van der Waals surface area contributed by atoms with Crippen molar-refractivity contribution in [3.63, 3.8) is 0 Å². The van der Waals surface area contributed by atoms with Crippen LogP contribution in [0.2, 0.25) is 0 Å². The molecular formula is C35H33NO4. The number of benzene rings is 4. The van der Waals surface area contributed by atoms with Crippen molar-refractivity contribution in [2.45, 2.75) is 44.4 Å². The molecule has 4 aromatic carbocycles. The molecule has 0 unspecified atom stereocenters. The number of hydrogen-bond donors (Lipinski definition) is 1. The molecule has 1 fully saturated rings. The number of fused-ring (bicyclic) bond motifs is 3. The van der Waals surface area contributed by atoms with Gasteiger partial charge in [0, 0.05) is 12.1 Å². The van der Waals surface area contributed by atoms with Gasteiger partial charge in [-0.2, -0.15) is 0 Å². The summed E-state index contributed by atoms with van der Waals surface area (Å²) >= 11 is 0. The highest BCUT2D eigenvalue weighted by Gasteiger charge is 2.78. The van der Waals surface area contributed by atoms with Crippen LogP contribution in [-0.4, -0.2) is 18.9 Å². The number of hydrogen-bond acceptors (Lipinski definition) is 5. The fraction of sp³-hybridized carbons (Fsp3) is 0.257. The second kappa shape index (κ2) is 9.76. The maximum atomic E-state index is 15.1. The molecule has 2 aliphatic rings. The number of ketones is 1. The van der Waals surface area contributed by atoms with E-state index in [9.17, 15) is 4.79 Å². The minimum absolute atomic E-state index is 0.240. The molecular weight excluding hydrogens is 498 g/mol. The minimum atomic E-state index is -1.36. The zero-order valence-corrected chi connectivity index (χ0v) is 23.2. The molecule has 0 saturated heterocycles. The average molecular weight is 532 g/mol. The van der Waals surface area contributed by atoms with Crippen molar-refractivity contribution in [1.29, 1.82) is 0 Å². The monoisotopic (exact) mass is 531 g/mol. The number of Topliss-reactive ketones (excluding diaryl/α,β-unsaturated/α-hetero) is 1. The molecule has 1 heterocycles. The van der Waals surface area contributed by atoms with E-state index in [1.807, 2.05) is 112 Å². The fourth-order valence-corrected chi connectivity index (χ4v) is 7.00. The molecule has 0 spiro atoms. The fourth-order valence-electron chi connectivity index (χ4n) is 7.00. The molecule has 5 nitrogen and oxygen atoms in total. The Morgan fingerprint density at radius 2 is 1.52 bits per heavy atom. The number of carbonyl (C=O) groups is 2. The first-order valence-electron chi connectivity index (χ1n) is 13.7. The van der Waals surface area contributed by atoms with Gasteiger partial charge in [-0.3, -0.25) is 14.9 Å². The molecule has 40 heavy (non-hydrogen) atoms. The quantitative estimate of drug-likeness (QED) is 0.243. The molecule has 1 N–H and O–H groups in total. The van der Waals surface area contributed by atoms with Gasteiger partial charge in [0.1, 0.15) is 11.7 Å². The van der Waals surface area contributed by atoms with E-state index in [-0.39, 0.29) is 5.78 Å². The number of nitrogens with one attached hydrogen (secondary N) is 1. The van der Waals surface area contributed by atoms with Crippen molar-refractivity contribution < 1.29 is 19.1 Å². The van der Waals surface area contributed by atoms with Gasteiger partial charge in [0.15, 0.2) is 16.9 Å². The average Bonchev–Trinajstić information content (AvgIpc) is 3.37. The third-order valence-corrected chi connectivity index (χ3v) is 8.56. The number of carbonyl (C=O) groups excluding carboxylic acids is 2. The van der Waals surface area contributed by atoms with Crippen LogP contribution in [0.25, 0.3) is 0 Å². The van der Waals surface area contributed by atoms with E-state index in [0.29, 0.717) is 12.3 Å². The third kappa shape index (κ3) is 3.65. The molecule has 0 bridgehead atoms. The van der Waals surface area contributed by atoms with Crippen molar-refractivity contribution >= 4 is 11.8 Å². The van der Waals surface area contributed by atoms with E-state index in [4.69, 9.17) is 9.47 Å². The number of aryl methyl sites for hydroxylation is 3. The summed E-state index contributed by atoms with van der Waals surface area (Å²) < 4.78 is 12.5. The Labute approximate surface area is 235 Å². The third-order valence-electron chi connectivity index (χ3n) is 8.56. The van der Waals surface area contributed by atoms with Crippen LogP contribution in [0.3, 0.4) is 0 Å². The number of methoxy groups -OCH3 is 1. The van der Waals surface area contributed by atoms with Gasteiger partial charge in [0.05, 0.1) is 13.0 Å². The van der Waals surface area contributed by atoms with Gasteiger partial charge in [0.2, 0.25) is 0 Å². The molecule has 4 atom stereocenters. The topological polar surface area (TPSA) is 64.6 Å². The van der Waals surface area contributed by atoms with Crippen LogP contribution in [0.4, 0.5) is 0 Å². The molecule has 6 rings (SSSR count). The Morgan fingerprint density at radius 3 is 2.17 bits per heavy atom. The van der Waals surface area contributed by atoms with E-state index in [2.05, 4.69) is 11.4 Å². The SMILES string of the molecule is COC(=O)[C@H]1C(=O)[C@@]2(NCc3ccccc3)c3c(C)cc(C)cc3O[C@@]2(c2ccc(C)cc2)[C@@H]1c1ccccc1. The van der Waals surface area contributed by atoms with E-state index in [1.54, 1.807) is 0 Å². The molecule has 1 aliphatic carbocycles. The van der Waals surface area contributed by atoms with E-state index < -0.39 is 28.9 Å². The first-order chi connectivity index (χ1) is 19.3. The van der Waals surface area contributed by atoms with Gasteiger partial charge in [-0.25, -0.2) is 0 Å². The minimum Gasteiger partial charge on any atom is -0.479 e. The zero-order chi connectivity index (χ0) is 28.1. The van der Waals surface area contributed by atoms with Crippen LogP contribution in [-0.2, 0) is 32.0 Å². The van der Waals surface area contributed by atoms with Gasteiger partial charge in [-0.15, -0.1) is 0 Å². The summed E-state index contributed by atoms with van der Waals surface area (Å²) in [5.41, 5.74) is 3.95. The number of esters is 1. The van der Waals surface area contributed by atoms with Crippen molar-refractivity contribution in [2.75, 3.05) is 7.11 Å². The molecule has 202 valence electrons. The van der Waals surface area contributed by atoms with Crippen molar-refractivity contribution in [2.24, 2.45) is 5.92 Å². The predicted octanol–water partition coefficient (Wildman–Crippen LogP) is 6.04. The highest BCUT2D eigenvalue weighted by atomic mass is 16.5. The lowest BCUT2D eigenvalue weighted by Gasteiger charge is -2.43. The standard InChI is InChI=1S/C35H33NO4/c1-22-15-17-27(18-16-22)35-31(26-13-9-6-10-14-26)29(33(38)39-4)32(37)34(35,36-21-25-11-7-5-8-12-25)30-24(3)19-23(2)20-28(30)40-35/h5-20,29,31,36H,21H2,1-4H3/t29-,31-,34+,35+/m1/s1. The molecule has 0 radical (unpaired) electrons. The van der Waals surface area contributed by atoms with Crippen LogP contribution in [0.15, 0.2) is 97.1 Å². The maximum Gasteiger partial charge on any atom is 0.317 e. The van der Waals surface area contributed by atoms with Crippen molar-refractivity contribution in [3.8, 4) is 5.75 Å². The Morgan fingerprint density at radius 1 is 0.875 bits per heavy atom. The van der Waals surface area contributed by atoms with Crippen LogP contribution < -0.4 is 10.1 Å². The number of rotatable bonds is 6. The van der Waals surface area contributed by atoms with Gasteiger partial charge < -0.3 is 9.47 Å². The molecule has 4 aromatic rings. The van der Waals surface area contributed by atoms with Crippen molar-refractivity contribution in [1.82, 2.24) is 5.32 Å². The van der Waals surface area contributed by atoms with Crippen molar-refractivity contribution in [3.05, 3.63) is 136 Å². The Kier molecular flexibility index (Phi) is 6.35. The van der Waals surface area contributed by atoms with E-state index >= 15 is 4.79 Å². The van der Waals surface area contributed by atoms with Crippen LogP contribution >= 0.6 is 0 Å². The highest BCUT2D eigenvalue weighted by molar-refractivity contribution is 6.10. The van der Waals surface area contributed by atoms with Crippen LogP contribution in [0.5, 0.6) is 5.75 Å². The van der Waals surface area contributed by atoms with Gasteiger partial charge in [-0.05, 0) is 54.7 Å². The smallest absolute Gasteiger partial charge is 0.317 e. The number of ether oxygens (including phenoxy) is 2. The molecule has 0 amide bonds. The summed E-state index contributed by atoms with van der Waals surface area (Å²) in [7, 11) is 1.35. The normalized spacial score (nSPS) is 24.8. The zero-order valence-electron chi connectivity index (χ0n) is 23.2. The largest absolute Gasteiger partial charge is 0.479 e. The van der Waals surface area contributed by atoms with E-state index in [1.165, 1.54) is 7.11 Å². The first kappa shape index (κ1) is 26.0. The lowest BCUT2D eigenvalue weighted by atomic mass is 9.68. The summed E-state index contributed by atoms with van der Waals surface area (Å²) in [5, 5.41) is 3.72. The Bertz CT molecular complexity index is 1580. The predicted molar refractivity (Wildman–Crippen MR) is 154 cm³/mol. The lowest BCUT2D eigenvalue weighted by molar-refractivity contribution is -0.149. The van der Waals surface area contributed by atoms with Gasteiger partial charge in [0.25, 0.3) is 0 Å². The highest BCUT2D eigenvalue weighted by Crippen LogP contribution is 2.67. The Hall–Kier alpha value is -4.22. The molecule has 0 aromatic heterocycles. The summed E-state index contributed by atoms with van der Waals surface area (Å²) in [4.78, 5) is 28.7. The van der Waals surface area contributed by atoms with Gasteiger partial charge >= 0.3 is 5.97 Å².